The average Bonchev–Trinajstić information content (AvgIpc) is 3.55. The number of nitrogens with one attached hydrogen (secondary N) is 3. The van der Waals surface area contributed by atoms with E-state index in [0.717, 1.165) is 4.90 Å². The first-order valence-electron chi connectivity index (χ1n) is 11.3. The Morgan fingerprint density at radius 1 is 1.36 bits per heavy atom. The van der Waals surface area contributed by atoms with Crippen molar-refractivity contribution < 1.29 is 37.0 Å². The van der Waals surface area contributed by atoms with Gasteiger partial charge in [-0.3, -0.25) is 19.1 Å². The van der Waals surface area contributed by atoms with Crippen molar-refractivity contribution in [1.82, 2.24) is 20.5 Å². The van der Waals surface area contributed by atoms with Crippen LogP contribution >= 0.6 is 0 Å². The molecule has 10 nitrogen and oxygen atoms in total. The van der Waals surface area contributed by atoms with Gasteiger partial charge in [-0.15, -0.1) is 13.2 Å². The summed E-state index contributed by atoms with van der Waals surface area (Å²) < 4.78 is 48.1. The molecule has 3 N–H and O–H groups in total. The van der Waals surface area contributed by atoms with Crippen LogP contribution in [0.5, 0.6) is 5.75 Å². The van der Waals surface area contributed by atoms with Crippen LogP contribution in [0.15, 0.2) is 24.3 Å². The number of likely N-dealkylation sites (tertiary alicyclic amines) is 1. The Hall–Kier alpha value is -3.79. The van der Waals surface area contributed by atoms with Crippen LogP contribution in [0.3, 0.4) is 0 Å². The van der Waals surface area contributed by atoms with Gasteiger partial charge in [0, 0.05) is 36.3 Å². The van der Waals surface area contributed by atoms with E-state index < -0.39 is 55.2 Å². The maximum atomic E-state index is 13.3. The predicted octanol–water partition coefficient (Wildman–Crippen LogP) is 1.83. The highest BCUT2D eigenvalue weighted by atomic mass is 19.4. The third-order valence-electron chi connectivity index (χ3n) is 6.36. The smallest absolute Gasteiger partial charge is 0.496 e. The van der Waals surface area contributed by atoms with Crippen molar-refractivity contribution >= 4 is 28.6 Å². The van der Waals surface area contributed by atoms with Crippen molar-refractivity contribution in [3.63, 3.8) is 0 Å². The van der Waals surface area contributed by atoms with Crippen molar-refractivity contribution in [2.24, 2.45) is 5.92 Å². The molecule has 36 heavy (non-hydrogen) atoms. The van der Waals surface area contributed by atoms with Crippen LogP contribution in [0.1, 0.15) is 29.8 Å². The van der Waals surface area contributed by atoms with E-state index in [2.05, 4.69) is 20.4 Å². The molecular formula is C23H24F3N5O5. The van der Waals surface area contributed by atoms with Gasteiger partial charge in [-0.1, -0.05) is 6.07 Å². The molecule has 0 saturated carbocycles. The highest BCUT2D eigenvalue weighted by Gasteiger charge is 2.45. The average molecular weight is 507 g/mol. The summed E-state index contributed by atoms with van der Waals surface area (Å²) in [4.78, 5) is 42.2. The SMILES string of the molecule is COc1cccc2[nH]c(C(=O)N3CC(OC(F)(F)F)CC3C(=O)NC(C#N)CC3CCNC3=O)cc12. The fraction of sp³-hybridized carbons (Fsp3) is 0.478. The second-order valence-corrected chi connectivity index (χ2v) is 8.70. The van der Waals surface area contributed by atoms with Crippen molar-refractivity contribution in [3.05, 3.63) is 30.0 Å². The van der Waals surface area contributed by atoms with Crippen LogP contribution in [0.4, 0.5) is 13.2 Å². The Kier molecular flexibility index (Phi) is 7.07. The van der Waals surface area contributed by atoms with E-state index in [1.807, 2.05) is 6.07 Å². The second-order valence-electron chi connectivity index (χ2n) is 8.70. The number of halogens is 3. The summed E-state index contributed by atoms with van der Waals surface area (Å²) in [5, 5.41) is 15.2. The number of carbonyl (C=O) groups is 3. The quantitative estimate of drug-likeness (QED) is 0.523. The third kappa shape index (κ3) is 5.38. The molecule has 2 fully saturated rings. The van der Waals surface area contributed by atoms with Gasteiger partial charge in [0.2, 0.25) is 11.8 Å². The lowest BCUT2D eigenvalue weighted by Crippen LogP contribution is -2.49. The number of aromatic amines is 1. The minimum atomic E-state index is -4.95. The van der Waals surface area contributed by atoms with Crippen LogP contribution in [-0.2, 0) is 14.3 Å². The summed E-state index contributed by atoms with van der Waals surface area (Å²) in [6.07, 6.45) is -6.28. The Balaban J connectivity index is 1.55. The second kappa shape index (κ2) is 10.1. The summed E-state index contributed by atoms with van der Waals surface area (Å²) in [6, 6.07) is 6.15. The molecule has 0 spiro atoms. The summed E-state index contributed by atoms with van der Waals surface area (Å²) in [5.74, 6) is -1.70. The Morgan fingerprint density at radius 2 is 2.14 bits per heavy atom. The number of aromatic nitrogens is 1. The number of hydrogen-bond donors (Lipinski definition) is 3. The first-order chi connectivity index (χ1) is 17.1. The molecule has 0 bridgehead atoms. The van der Waals surface area contributed by atoms with Crippen molar-refractivity contribution in [2.75, 3.05) is 20.2 Å². The fourth-order valence-corrected chi connectivity index (χ4v) is 4.69. The van der Waals surface area contributed by atoms with Gasteiger partial charge in [-0.2, -0.15) is 5.26 Å². The Morgan fingerprint density at radius 3 is 2.78 bits per heavy atom. The van der Waals surface area contributed by atoms with Crippen LogP contribution in [0.2, 0.25) is 0 Å². The van der Waals surface area contributed by atoms with Crippen molar-refractivity contribution in [2.45, 2.75) is 43.8 Å². The van der Waals surface area contributed by atoms with Gasteiger partial charge < -0.3 is 25.3 Å². The number of rotatable bonds is 7. The van der Waals surface area contributed by atoms with Gasteiger partial charge in [-0.25, -0.2) is 0 Å². The first-order valence-corrected chi connectivity index (χ1v) is 11.3. The van der Waals surface area contributed by atoms with E-state index in [9.17, 15) is 32.8 Å². The van der Waals surface area contributed by atoms with E-state index in [4.69, 9.17) is 4.74 Å². The molecule has 2 aromatic rings. The van der Waals surface area contributed by atoms with Crippen molar-refractivity contribution in [1.29, 1.82) is 5.26 Å². The lowest BCUT2D eigenvalue weighted by atomic mass is 9.99. The van der Waals surface area contributed by atoms with Gasteiger partial charge in [-0.05, 0) is 31.0 Å². The van der Waals surface area contributed by atoms with Crippen LogP contribution in [0.25, 0.3) is 10.9 Å². The van der Waals surface area contributed by atoms with E-state index in [1.54, 1.807) is 18.2 Å². The number of benzene rings is 1. The summed E-state index contributed by atoms with van der Waals surface area (Å²) in [5.41, 5.74) is 0.625. The highest BCUT2D eigenvalue weighted by molar-refractivity contribution is 6.01. The van der Waals surface area contributed by atoms with Crippen LogP contribution in [-0.4, -0.2) is 72.4 Å². The molecular weight excluding hydrogens is 483 g/mol. The molecule has 2 aliphatic rings. The maximum Gasteiger partial charge on any atom is 0.522 e. The molecule has 192 valence electrons. The number of alkyl halides is 3. The minimum absolute atomic E-state index is 0.0546. The number of H-pyrrole nitrogens is 1. The van der Waals surface area contributed by atoms with E-state index in [1.165, 1.54) is 13.2 Å². The normalized spacial score (nSPS) is 22.8. The largest absolute Gasteiger partial charge is 0.522 e. The predicted molar refractivity (Wildman–Crippen MR) is 118 cm³/mol. The molecule has 2 aliphatic heterocycles. The molecule has 0 radical (unpaired) electrons. The number of hydrogen-bond acceptors (Lipinski definition) is 6. The standard InChI is InChI=1S/C23H24F3N5O5/c1-35-19-4-2-3-16-15(19)9-17(30-16)22(34)31-11-14(36-23(24,25)26)8-18(31)21(33)29-13(10-27)7-12-5-6-28-20(12)32/h2-4,9,12-14,18,30H,5-8,11H2,1H3,(H,28,32)(H,29,33). The molecule has 3 amide bonds. The molecule has 1 aromatic carbocycles. The van der Waals surface area contributed by atoms with Crippen LogP contribution in [0, 0.1) is 17.2 Å². The lowest BCUT2D eigenvalue weighted by Gasteiger charge is -2.24. The monoisotopic (exact) mass is 507 g/mol. The van der Waals surface area contributed by atoms with E-state index in [0.29, 0.717) is 29.6 Å². The molecule has 2 saturated heterocycles. The Bertz CT molecular complexity index is 1210. The molecule has 0 aliphatic carbocycles. The van der Waals surface area contributed by atoms with Gasteiger partial charge in [0.25, 0.3) is 5.91 Å². The van der Waals surface area contributed by atoms with Gasteiger partial charge in [0.05, 0.1) is 19.3 Å². The first kappa shape index (κ1) is 25.3. The molecule has 1 aromatic heterocycles. The topological polar surface area (TPSA) is 137 Å². The summed E-state index contributed by atoms with van der Waals surface area (Å²) in [7, 11) is 1.46. The van der Waals surface area contributed by atoms with E-state index >= 15 is 0 Å². The zero-order valence-corrected chi connectivity index (χ0v) is 19.2. The molecule has 4 unspecified atom stereocenters. The number of fused-ring (bicyclic) bond motifs is 1. The molecule has 13 heteroatoms. The molecule has 4 atom stereocenters. The number of methoxy groups -OCH3 is 1. The summed E-state index contributed by atoms with van der Waals surface area (Å²) in [6.45, 7) is -0.0164. The summed E-state index contributed by atoms with van der Waals surface area (Å²) >= 11 is 0. The molecule has 4 rings (SSSR count). The number of nitrogens with zero attached hydrogens (tertiary/aromatic N) is 2. The van der Waals surface area contributed by atoms with Crippen LogP contribution < -0.4 is 15.4 Å². The third-order valence-corrected chi connectivity index (χ3v) is 6.36. The lowest BCUT2D eigenvalue weighted by molar-refractivity contribution is -0.340. The number of nitriles is 1. The van der Waals surface area contributed by atoms with Gasteiger partial charge >= 0.3 is 6.36 Å². The van der Waals surface area contributed by atoms with Crippen molar-refractivity contribution in [3.8, 4) is 11.8 Å². The maximum absolute atomic E-state index is 13.3. The number of ether oxygens (including phenoxy) is 2. The Labute approximate surface area is 203 Å². The minimum Gasteiger partial charge on any atom is -0.496 e. The highest BCUT2D eigenvalue weighted by Crippen LogP contribution is 2.31. The zero-order valence-electron chi connectivity index (χ0n) is 19.2. The number of carbonyl (C=O) groups excluding carboxylic acids is 3. The van der Waals surface area contributed by atoms with E-state index in [-0.39, 0.29) is 18.0 Å². The zero-order chi connectivity index (χ0) is 26.0. The van der Waals surface area contributed by atoms with Gasteiger partial charge in [0.1, 0.15) is 23.5 Å². The fourth-order valence-electron chi connectivity index (χ4n) is 4.69. The number of amides is 3. The van der Waals surface area contributed by atoms with Gasteiger partial charge in [0.15, 0.2) is 0 Å². The molecule has 3 heterocycles.